The summed E-state index contributed by atoms with van der Waals surface area (Å²) in [5.74, 6) is -0.904. The number of thiophene rings is 1. The maximum absolute atomic E-state index is 10.8. The Kier molecular flexibility index (Phi) is 3.62. The number of carboxylic acid groups (broad SMARTS) is 1. The average molecular weight is 297 g/mol. The molecule has 0 aliphatic carbocycles. The predicted octanol–water partition coefficient (Wildman–Crippen LogP) is 4.77. The van der Waals surface area contributed by atoms with Crippen molar-refractivity contribution in [2.24, 2.45) is 0 Å². The zero-order valence-electron chi connectivity index (χ0n) is 11.5. The van der Waals surface area contributed by atoms with Crippen molar-refractivity contribution < 1.29 is 9.90 Å². The van der Waals surface area contributed by atoms with Gasteiger partial charge in [0.25, 0.3) is 0 Å². The Morgan fingerprint density at radius 3 is 2.52 bits per heavy atom. The molecule has 3 nitrogen and oxygen atoms in total. The number of nitrogens with one attached hydrogen (secondary N) is 1. The molecular formula is C17H15NO2S. The van der Waals surface area contributed by atoms with Crippen LogP contribution in [-0.2, 0) is 0 Å². The van der Waals surface area contributed by atoms with Gasteiger partial charge in [-0.25, -0.2) is 4.79 Å². The summed E-state index contributed by atoms with van der Waals surface area (Å²) in [6, 6.07) is 17.5. The number of aromatic carboxylic acids is 1. The third-order valence-electron chi connectivity index (χ3n) is 3.39. The van der Waals surface area contributed by atoms with E-state index in [9.17, 15) is 4.79 Å². The van der Waals surface area contributed by atoms with Gasteiger partial charge >= 0.3 is 5.97 Å². The van der Waals surface area contributed by atoms with Crippen molar-refractivity contribution >= 4 is 33.1 Å². The molecule has 0 saturated heterocycles. The quantitative estimate of drug-likeness (QED) is 0.729. The van der Waals surface area contributed by atoms with Gasteiger partial charge in [0.2, 0.25) is 0 Å². The fraction of sp³-hybridized carbons (Fsp3) is 0.118. The van der Waals surface area contributed by atoms with Crippen LogP contribution >= 0.6 is 11.3 Å². The van der Waals surface area contributed by atoms with Crippen LogP contribution < -0.4 is 5.32 Å². The van der Waals surface area contributed by atoms with Crippen molar-refractivity contribution in [2.75, 3.05) is 5.32 Å². The Hall–Kier alpha value is -2.33. The lowest BCUT2D eigenvalue weighted by atomic mass is 10.2. The summed E-state index contributed by atoms with van der Waals surface area (Å²) in [6.07, 6.45) is 0. The van der Waals surface area contributed by atoms with Gasteiger partial charge < -0.3 is 10.4 Å². The highest BCUT2D eigenvalue weighted by Crippen LogP contribution is 2.31. The molecule has 0 aliphatic heterocycles. The van der Waals surface area contributed by atoms with Crippen molar-refractivity contribution in [1.29, 1.82) is 0 Å². The molecule has 0 radical (unpaired) electrons. The molecule has 4 heteroatoms. The van der Waals surface area contributed by atoms with E-state index in [1.807, 2.05) is 12.1 Å². The van der Waals surface area contributed by atoms with Gasteiger partial charge in [-0.3, -0.25) is 0 Å². The van der Waals surface area contributed by atoms with Gasteiger partial charge in [0.15, 0.2) is 0 Å². The standard InChI is InChI=1S/C17H15NO2S/c1-11(16-10-13-4-2-3-5-15(13)21-16)18-14-8-6-12(7-9-14)17(19)20/h2-11,18H,1H3,(H,19,20). The zero-order valence-corrected chi connectivity index (χ0v) is 12.4. The molecule has 0 fully saturated rings. The highest BCUT2D eigenvalue weighted by atomic mass is 32.1. The summed E-state index contributed by atoms with van der Waals surface area (Å²) in [6.45, 7) is 2.11. The lowest BCUT2D eigenvalue weighted by molar-refractivity contribution is 0.0697. The van der Waals surface area contributed by atoms with Crippen LogP contribution in [0.1, 0.15) is 28.2 Å². The number of hydrogen-bond donors (Lipinski definition) is 2. The number of anilines is 1. The van der Waals surface area contributed by atoms with Gasteiger partial charge in [0.05, 0.1) is 11.6 Å². The Morgan fingerprint density at radius 1 is 1.14 bits per heavy atom. The summed E-state index contributed by atoms with van der Waals surface area (Å²) in [4.78, 5) is 12.1. The molecule has 0 bridgehead atoms. The minimum Gasteiger partial charge on any atom is -0.478 e. The second-order valence-corrected chi connectivity index (χ2v) is 6.05. The molecule has 3 aromatic rings. The van der Waals surface area contributed by atoms with E-state index < -0.39 is 5.97 Å². The molecule has 0 amide bonds. The van der Waals surface area contributed by atoms with E-state index in [1.165, 1.54) is 15.0 Å². The highest BCUT2D eigenvalue weighted by molar-refractivity contribution is 7.19. The smallest absolute Gasteiger partial charge is 0.335 e. The van der Waals surface area contributed by atoms with E-state index in [2.05, 4.69) is 30.4 Å². The predicted molar refractivity (Wildman–Crippen MR) is 87.3 cm³/mol. The van der Waals surface area contributed by atoms with Gasteiger partial charge in [0, 0.05) is 15.3 Å². The summed E-state index contributed by atoms with van der Waals surface area (Å²) < 4.78 is 1.28. The molecule has 3 rings (SSSR count). The molecule has 106 valence electrons. The van der Waals surface area contributed by atoms with Crippen LogP contribution in [0.5, 0.6) is 0 Å². The SMILES string of the molecule is CC(Nc1ccc(C(=O)O)cc1)c1cc2ccccc2s1. The Bertz CT molecular complexity index is 744. The van der Waals surface area contributed by atoms with Crippen molar-refractivity contribution in [3.05, 3.63) is 65.0 Å². The number of hydrogen-bond acceptors (Lipinski definition) is 3. The van der Waals surface area contributed by atoms with Gasteiger partial charge in [-0.2, -0.15) is 0 Å². The number of rotatable bonds is 4. The molecular weight excluding hydrogens is 282 g/mol. The van der Waals surface area contributed by atoms with Crippen LogP contribution in [-0.4, -0.2) is 11.1 Å². The number of fused-ring (bicyclic) bond motifs is 1. The summed E-state index contributed by atoms with van der Waals surface area (Å²) in [5.41, 5.74) is 1.22. The van der Waals surface area contributed by atoms with Gasteiger partial charge in [-0.05, 0) is 48.7 Å². The summed E-state index contributed by atoms with van der Waals surface area (Å²) in [7, 11) is 0. The van der Waals surface area contributed by atoms with Crippen LogP contribution in [0.3, 0.4) is 0 Å². The molecule has 0 aliphatic rings. The summed E-state index contributed by atoms with van der Waals surface area (Å²) in [5, 5.41) is 13.6. The number of benzene rings is 2. The van der Waals surface area contributed by atoms with Crippen molar-refractivity contribution in [1.82, 2.24) is 0 Å². The Balaban J connectivity index is 1.78. The van der Waals surface area contributed by atoms with Crippen LogP contribution in [0.25, 0.3) is 10.1 Å². The minimum absolute atomic E-state index is 0.179. The molecule has 1 heterocycles. The van der Waals surface area contributed by atoms with Crippen molar-refractivity contribution in [3.63, 3.8) is 0 Å². The third kappa shape index (κ3) is 2.90. The number of carbonyl (C=O) groups is 1. The first-order valence-electron chi connectivity index (χ1n) is 6.72. The van der Waals surface area contributed by atoms with Gasteiger partial charge in [-0.1, -0.05) is 18.2 Å². The molecule has 1 atom stereocenters. The molecule has 1 aromatic heterocycles. The Morgan fingerprint density at radius 2 is 1.86 bits per heavy atom. The van der Waals surface area contributed by atoms with E-state index in [0.717, 1.165) is 5.69 Å². The lowest BCUT2D eigenvalue weighted by Gasteiger charge is -2.13. The largest absolute Gasteiger partial charge is 0.478 e. The second kappa shape index (κ2) is 5.58. The third-order valence-corrected chi connectivity index (χ3v) is 4.69. The Labute approximate surface area is 126 Å². The van der Waals surface area contributed by atoms with Crippen LogP contribution in [0.15, 0.2) is 54.6 Å². The topological polar surface area (TPSA) is 49.3 Å². The molecule has 21 heavy (non-hydrogen) atoms. The van der Waals surface area contributed by atoms with E-state index in [0.29, 0.717) is 5.56 Å². The molecule has 0 saturated carbocycles. The normalized spacial score (nSPS) is 12.2. The monoisotopic (exact) mass is 297 g/mol. The van der Waals surface area contributed by atoms with Crippen LogP contribution in [0.2, 0.25) is 0 Å². The van der Waals surface area contributed by atoms with Crippen LogP contribution in [0, 0.1) is 0 Å². The van der Waals surface area contributed by atoms with Gasteiger partial charge in [-0.15, -0.1) is 11.3 Å². The van der Waals surface area contributed by atoms with Gasteiger partial charge in [0.1, 0.15) is 0 Å². The highest BCUT2D eigenvalue weighted by Gasteiger charge is 2.10. The van der Waals surface area contributed by atoms with Crippen molar-refractivity contribution in [2.45, 2.75) is 13.0 Å². The number of carboxylic acids is 1. The fourth-order valence-corrected chi connectivity index (χ4v) is 3.31. The van der Waals surface area contributed by atoms with Crippen LogP contribution in [0.4, 0.5) is 5.69 Å². The van der Waals surface area contributed by atoms with E-state index in [-0.39, 0.29) is 6.04 Å². The lowest BCUT2D eigenvalue weighted by Crippen LogP contribution is -2.05. The molecule has 2 aromatic carbocycles. The maximum atomic E-state index is 10.8. The molecule has 2 N–H and O–H groups in total. The van der Waals surface area contributed by atoms with E-state index in [1.54, 1.807) is 35.6 Å². The first-order chi connectivity index (χ1) is 10.1. The first kappa shape index (κ1) is 13.6. The fourth-order valence-electron chi connectivity index (χ4n) is 2.25. The average Bonchev–Trinajstić information content (AvgIpc) is 2.92. The van der Waals surface area contributed by atoms with E-state index in [4.69, 9.17) is 5.11 Å². The van der Waals surface area contributed by atoms with E-state index >= 15 is 0 Å². The zero-order chi connectivity index (χ0) is 14.8. The second-order valence-electron chi connectivity index (χ2n) is 4.94. The maximum Gasteiger partial charge on any atom is 0.335 e. The first-order valence-corrected chi connectivity index (χ1v) is 7.53. The van der Waals surface area contributed by atoms with Crippen molar-refractivity contribution in [3.8, 4) is 0 Å². The molecule has 0 spiro atoms. The molecule has 1 unspecified atom stereocenters. The minimum atomic E-state index is -0.904. The summed E-state index contributed by atoms with van der Waals surface area (Å²) >= 11 is 1.78.